The Bertz CT molecular complexity index is 1130. The number of carbonyl (C=O) groups excluding carboxylic acids is 1. The van der Waals surface area contributed by atoms with Crippen molar-refractivity contribution >= 4 is 52.3 Å². The third kappa shape index (κ3) is 4.70. The van der Waals surface area contributed by atoms with Gasteiger partial charge in [0, 0.05) is 30.4 Å². The van der Waals surface area contributed by atoms with E-state index in [0.717, 1.165) is 30.7 Å². The molecule has 4 rings (SSSR count). The van der Waals surface area contributed by atoms with Crippen LogP contribution >= 0.6 is 24.0 Å². The average molecular weight is 471 g/mol. The van der Waals surface area contributed by atoms with Gasteiger partial charge in [0.15, 0.2) is 5.65 Å². The Hall–Kier alpha value is -2.58. The topological polar surface area (TPSA) is 58.1 Å². The Kier molecular flexibility index (Phi) is 6.62. The molecular weight excluding hydrogens is 452 g/mol. The second kappa shape index (κ2) is 8.88. The lowest BCUT2D eigenvalue weighted by Crippen LogP contribution is -2.28. The maximum Gasteiger partial charge on any atom is 0.416 e. The molecule has 0 radical (unpaired) electrons. The van der Waals surface area contributed by atoms with Crippen molar-refractivity contribution in [2.75, 3.05) is 18.4 Å². The molecule has 5 nitrogen and oxygen atoms in total. The summed E-state index contributed by atoms with van der Waals surface area (Å²) in [6.45, 7) is 3.07. The highest BCUT2D eigenvalue weighted by Gasteiger charge is 2.31. The summed E-state index contributed by atoms with van der Waals surface area (Å²) in [6, 6.07) is 6.53. The SMILES string of the molecule is Cc1ccc2c(Nc3cc(C(F)(F)F)ccc3Cl)c(C(=O)N3CCCC3)cnc2n1.Cl. The molecule has 10 heteroatoms. The number of aromatic nitrogens is 2. The Labute approximate surface area is 188 Å². The van der Waals surface area contributed by atoms with E-state index >= 15 is 0 Å². The van der Waals surface area contributed by atoms with Crippen molar-refractivity contribution in [1.82, 2.24) is 14.9 Å². The summed E-state index contributed by atoms with van der Waals surface area (Å²) in [6.07, 6.45) is -1.28. The number of nitrogens with zero attached hydrogens (tertiary/aromatic N) is 3. The summed E-state index contributed by atoms with van der Waals surface area (Å²) in [5.74, 6) is -0.229. The zero-order valence-electron chi connectivity index (χ0n) is 16.5. The van der Waals surface area contributed by atoms with Crippen molar-refractivity contribution in [2.24, 2.45) is 0 Å². The normalized spacial score (nSPS) is 13.9. The highest BCUT2D eigenvalue weighted by molar-refractivity contribution is 6.33. The number of amides is 1. The van der Waals surface area contributed by atoms with Crippen LogP contribution < -0.4 is 5.32 Å². The molecule has 1 aliphatic heterocycles. The summed E-state index contributed by atoms with van der Waals surface area (Å²) in [5.41, 5.74) is 0.939. The monoisotopic (exact) mass is 470 g/mol. The van der Waals surface area contributed by atoms with Gasteiger partial charge in [0.05, 0.1) is 27.5 Å². The van der Waals surface area contributed by atoms with E-state index in [2.05, 4.69) is 15.3 Å². The molecule has 3 heterocycles. The third-order valence-electron chi connectivity index (χ3n) is 5.05. The maximum atomic E-state index is 13.2. The molecule has 1 aliphatic rings. The molecule has 1 fully saturated rings. The molecule has 0 aliphatic carbocycles. The number of likely N-dealkylation sites (tertiary alicyclic amines) is 1. The Morgan fingerprint density at radius 1 is 1.16 bits per heavy atom. The molecular formula is C21H19Cl2F3N4O. The van der Waals surface area contributed by atoms with Crippen molar-refractivity contribution in [3.63, 3.8) is 0 Å². The number of anilines is 2. The number of aryl methyl sites for hydroxylation is 1. The number of pyridine rings is 2. The Morgan fingerprint density at radius 2 is 1.87 bits per heavy atom. The first-order valence-electron chi connectivity index (χ1n) is 9.43. The number of rotatable bonds is 3. The van der Waals surface area contributed by atoms with E-state index in [1.54, 1.807) is 24.0 Å². The van der Waals surface area contributed by atoms with E-state index in [4.69, 9.17) is 11.6 Å². The van der Waals surface area contributed by atoms with Crippen molar-refractivity contribution in [2.45, 2.75) is 25.9 Å². The van der Waals surface area contributed by atoms with Crippen LogP contribution in [-0.2, 0) is 6.18 Å². The lowest BCUT2D eigenvalue weighted by atomic mass is 10.1. The molecule has 1 saturated heterocycles. The Balaban J connectivity index is 0.00000272. The molecule has 0 bridgehead atoms. The molecule has 2 aromatic heterocycles. The fraction of sp³-hybridized carbons (Fsp3) is 0.286. The molecule has 0 saturated carbocycles. The first kappa shape index (κ1) is 23.1. The number of benzene rings is 1. The molecule has 31 heavy (non-hydrogen) atoms. The van der Waals surface area contributed by atoms with E-state index in [-0.39, 0.29) is 34.6 Å². The van der Waals surface area contributed by atoms with Crippen LogP contribution in [0.3, 0.4) is 0 Å². The van der Waals surface area contributed by atoms with Crippen LogP contribution in [0.15, 0.2) is 36.5 Å². The molecule has 1 amide bonds. The third-order valence-corrected chi connectivity index (χ3v) is 5.38. The highest BCUT2D eigenvalue weighted by atomic mass is 35.5. The minimum atomic E-state index is -4.52. The van der Waals surface area contributed by atoms with Gasteiger partial charge in [0.1, 0.15) is 0 Å². The molecule has 0 atom stereocenters. The zero-order valence-corrected chi connectivity index (χ0v) is 18.0. The van der Waals surface area contributed by atoms with Crippen LogP contribution in [0.25, 0.3) is 11.0 Å². The van der Waals surface area contributed by atoms with Gasteiger partial charge >= 0.3 is 6.18 Å². The van der Waals surface area contributed by atoms with Crippen molar-refractivity contribution in [1.29, 1.82) is 0 Å². The fourth-order valence-corrected chi connectivity index (χ4v) is 3.66. The van der Waals surface area contributed by atoms with E-state index in [9.17, 15) is 18.0 Å². The van der Waals surface area contributed by atoms with Gasteiger partial charge in [-0.3, -0.25) is 4.79 Å². The molecule has 1 aromatic carbocycles. The number of halogens is 5. The first-order chi connectivity index (χ1) is 14.2. The summed E-state index contributed by atoms with van der Waals surface area (Å²) in [4.78, 5) is 23.5. The van der Waals surface area contributed by atoms with Crippen LogP contribution in [-0.4, -0.2) is 33.9 Å². The summed E-state index contributed by atoms with van der Waals surface area (Å²) >= 11 is 6.18. The van der Waals surface area contributed by atoms with Gasteiger partial charge in [-0.1, -0.05) is 11.6 Å². The predicted molar refractivity (Wildman–Crippen MR) is 116 cm³/mol. The minimum Gasteiger partial charge on any atom is -0.353 e. The lowest BCUT2D eigenvalue weighted by molar-refractivity contribution is -0.137. The summed E-state index contributed by atoms with van der Waals surface area (Å²) < 4.78 is 39.6. The number of nitrogens with one attached hydrogen (secondary N) is 1. The first-order valence-corrected chi connectivity index (χ1v) is 9.81. The van der Waals surface area contributed by atoms with Crippen molar-refractivity contribution in [3.8, 4) is 0 Å². The average Bonchev–Trinajstić information content (AvgIpc) is 3.23. The van der Waals surface area contributed by atoms with E-state index in [0.29, 0.717) is 29.8 Å². The van der Waals surface area contributed by atoms with Gasteiger partial charge in [-0.2, -0.15) is 13.2 Å². The molecule has 0 spiro atoms. The van der Waals surface area contributed by atoms with Crippen LogP contribution in [0.4, 0.5) is 24.5 Å². The zero-order chi connectivity index (χ0) is 21.5. The van der Waals surface area contributed by atoms with E-state index in [1.165, 1.54) is 12.3 Å². The van der Waals surface area contributed by atoms with Gasteiger partial charge < -0.3 is 10.2 Å². The maximum absolute atomic E-state index is 13.2. The minimum absolute atomic E-state index is 0. The quantitative estimate of drug-likeness (QED) is 0.508. The van der Waals surface area contributed by atoms with Gasteiger partial charge in [0.25, 0.3) is 5.91 Å². The van der Waals surface area contributed by atoms with Gasteiger partial charge in [-0.15, -0.1) is 12.4 Å². The fourth-order valence-electron chi connectivity index (χ4n) is 3.49. The molecule has 3 aromatic rings. The summed E-state index contributed by atoms with van der Waals surface area (Å²) in [7, 11) is 0. The molecule has 164 valence electrons. The number of carbonyl (C=O) groups is 1. The van der Waals surface area contributed by atoms with E-state index < -0.39 is 11.7 Å². The lowest BCUT2D eigenvalue weighted by Gasteiger charge is -2.20. The predicted octanol–water partition coefficient (Wildman–Crippen LogP) is 6.01. The van der Waals surface area contributed by atoms with Crippen molar-refractivity contribution in [3.05, 3.63) is 58.4 Å². The number of fused-ring (bicyclic) bond motifs is 1. The van der Waals surface area contributed by atoms with Crippen LogP contribution in [0.2, 0.25) is 5.02 Å². The second-order valence-corrected chi connectivity index (χ2v) is 7.59. The Morgan fingerprint density at radius 3 is 2.55 bits per heavy atom. The smallest absolute Gasteiger partial charge is 0.353 e. The van der Waals surface area contributed by atoms with Crippen LogP contribution in [0.5, 0.6) is 0 Å². The van der Waals surface area contributed by atoms with Gasteiger partial charge in [-0.25, -0.2) is 9.97 Å². The van der Waals surface area contributed by atoms with Crippen molar-refractivity contribution < 1.29 is 18.0 Å². The van der Waals surface area contributed by atoms with Crippen LogP contribution in [0.1, 0.15) is 34.5 Å². The van der Waals surface area contributed by atoms with Gasteiger partial charge in [-0.05, 0) is 50.1 Å². The summed E-state index contributed by atoms with van der Waals surface area (Å²) in [5, 5.41) is 3.59. The largest absolute Gasteiger partial charge is 0.416 e. The van der Waals surface area contributed by atoms with Gasteiger partial charge in [0.2, 0.25) is 0 Å². The number of hydrogen-bond acceptors (Lipinski definition) is 4. The van der Waals surface area contributed by atoms with Crippen LogP contribution in [0, 0.1) is 6.92 Å². The molecule has 1 N–H and O–H groups in total. The molecule has 0 unspecified atom stereocenters. The number of alkyl halides is 3. The standard InChI is InChI=1S/C21H18ClF3N4O.ClH/c1-12-4-6-14-18(28-17-10-13(21(23,24)25)5-7-16(17)22)15(11-26-19(14)27-12)20(30)29-8-2-3-9-29;/h4-7,10-11H,2-3,8-9H2,1H3,(H,26,27,28);1H. The number of hydrogen-bond donors (Lipinski definition) is 1. The van der Waals surface area contributed by atoms with E-state index in [1.807, 2.05) is 0 Å². The second-order valence-electron chi connectivity index (χ2n) is 7.19. The highest BCUT2D eigenvalue weighted by Crippen LogP contribution is 2.37.